The maximum atomic E-state index is 11.0. The summed E-state index contributed by atoms with van der Waals surface area (Å²) >= 11 is 0. The molecule has 0 aromatic rings. The molecule has 0 radical (unpaired) electrons. The highest BCUT2D eigenvalue weighted by atomic mass is 16.5. The zero-order valence-corrected chi connectivity index (χ0v) is 6.91. The molecule has 1 aliphatic rings. The van der Waals surface area contributed by atoms with Crippen LogP contribution in [0, 0.1) is 11.8 Å². The topological polar surface area (TPSA) is 46.5 Å². The Morgan fingerprint density at radius 3 is 2.55 bits per heavy atom. The average Bonchev–Trinajstić information content (AvgIpc) is 2.32. The van der Waals surface area contributed by atoms with Gasteiger partial charge in [0.2, 0.25) is 0 Å². The predicted octanol–water partition coefficient (Wildman–Crippen LogP) is 0.566. The molecule has 3 atom stereocenters. The molecule has 1 fully saturated rings. The molecular weight excluding hydrogens is 144 g/mol. The van der Waals surface area contributed by atoms with Crippen LogP contribution in [0.25, 0.3) is 0 Å². The van der Waals surface area contributed by atoms with Gasteiger partial charge in [0.1, 0.15) is 0 Å². The zero-order chi connectivity index (χ0) is 8.43. The van der Waals surface area contributed by atoms with E-state index < -0.39 is 0 Å². The summed E-state index contributed by atoms with van der Waals surface area (Å²) in [6, 6.07) is 0. The normalized spacial score (nSPS) is 37.2. The third-order valence-electron chi connectivity index (χ3n) is 2.52. The van der Waals surface area contributed by atoms with E-state index in [9.17, 15) is 9.90 Å². The minimum atomic E-state index is -0.320. The summed E-state index contributed by atoms with van der Waals surface area (Å²) in [6.07, 6.45) is 1.16. The second kappa shape index (κ2) is 3.22. The zero-order valence-electron chi connectivity index (χ0n) is 6.91. The number of carbonyl (C=O) groups excluding carboxylic acids is 1. The lowest BCUT2D eigenvalue weighted by molar-refractivity contribution is -0.147. The van der Waals surface area contributed by atoms with Crippen molar-refractivity contribution in [3.63, 3.8) is 0 Å². The first-order valence-corrected chi connectivity index (χ1v) is 3.92. The van der Waals surface area contributed by atoms with Crippen LogP contribution in [0.4, 0.5) is 0 Å². The van der Waals surface area contributed by atoms with Gasteiger partial charge in [-0.25, -0.2) is 0 Å². The molecule has 1 N–H and O–H groups in total. The smallest absolute Gasteiger partial charge is 0.309 e. The van der Waals surface area contributed by atoms with Crippen LogP contribution in [0.15, 0.2) is 0 Å². The van der Waals surface area contributed by atoms with Crippen molar-refractivity contribution in [3.05, 3.63) is 0 Å². The highest BCUT2D eigenvalue weighted by Crippen LogP contribution is 2.32. The molecule has 0 aromatic heterocycles. The van der Waals surface area contributed by atoms with Crippen molar-refractivity contribution in [2.24, 2.45) is 11.8 Å². The van der Waals surface area contributed by atoms with E-state index in [1.54, 1.807) is 0 Å². The molecule has 0 spiro atoms. The number of aliphatic hydroxyl groups excluding tert-OH is 1. The first-order valence-electron chi connectivity index (χ1n) is 3.92. The van der Waals surface area contributed by atoms with Crippen LogP contribution in [-0.4, -0.2) is 24.3 Å². The Balaban J connectivity index is 2.54. The summed E-state index contributed by atoms with van der Waals surface area (Å²) in [6.45, 7) is 1.89. The summed E-state index contributed by atoms with van der Waals surface area (Å²) in [5.41, 5.74) is 0. The lowest BCUT2D eigenvalue weighted by Gasteiger charge is -2.14. The first-order chi connectivity index (χ1) is 5.16. The van der Waals surface area contributed by atoms with E-state index in [-0.39, 0.29) is 23.9 Å². The van der Waals surface area contributed by atoms with Gasteiger partial charge >= 0.3 is 5.97 Å². The number of hydrogen-bond donors (Lipinski definition) is 1. The molecule has 0 heterocycles. The Hall–Kier alpha value is -0.570. The van der Waals surface area contributed by atoms with Crippen LogP contribution in [0.5, 0.6) is 0 Å². The van der Waals surface area contributed by atoms with Crippen LogP contribution < -0.4 is 0 Å². The third-order valence-corrected chi connectivity index (χ3v) is 2.52. The van der Waals surface area contributed by atoms with Gasteiger partial charge in [0.05, 0.1) is 19.1 Å². The van der Waals surface area contributed by atoms with Crippen molar-refractivity contribution in [2.45, 2.75) is 25.9 Å². The molecule has 3 nitrogen and oxygen atoms in total. The summed E-state index contributed by atoms with van der Waals surface area (Å²) in [4.78, 5) is 11.0. The van der Waals surface area contributed by atoms with Crippen molar-refractivity contribution in [3.8, 4) is 0 Å². The van der Waals surface area contributed by atoms with E-state index in [1.165, 1.54) is 7.11 Å². The second-order valence-corrected chi connectivity index (χ2v) is 3.13. The van der Waals surface area contributed by atoms with Gasteiger partial charge in [-0.3, -0.25) is 4.79 Å². The average molecular weight is 158 g/mol. The number of rotatable bonds is 1. The standard InChI is InChI=1S/C8H14O3/c1-5-6(8(10)11-2)3-4-7(5)9/h5-7,9H,3-4H2,1-2H3/t5-,6+,7-/m0/s1. The van der Waals surface area contributed by atoms with E-state index in [0.29, 0.717) is 0 Å². The Morgan fingerprint density at radius 2 is 2.18 bits per heavy atom. The fourth-order valence-electron chi connectivity index (χ4n) is 1.63. The number of esters is 1. The molecule has 1 aliphatic carbocycles. The van der Waals surface area contributed by atoms with Gasteiger partial charge in [0.15, 0.2) is 0 Å². The number of hydrogen-bond acceptors (Lipinski definition) is 3. The van der Waals surface area contributed by atoms with Gasteiger partial charge in [-0.05, 0) is 18.8 Å². The Morgan fingerprint density at radius 1 is 1.55 bits per heavy atom. The molecule has 0 amide bonds. The van der Waals surface area contributed by atoms with E-state index in [0.717, 1.165) is 12.8 Å². The molecule has 64 valence electrons. The number of carbonyl (C=O) groups is 1. The molecule has 0 bridgehead atoms. The molecule has 1 saturated carbocycles. The summed E-state index contributed by atoms with van der Waals surface area (Å²) in [5, 5.41) is 9.30. The van der Waals surface area contributed by atoms with Crippen LogP contribution in [0.1, 0.15) is 19.8 Å². The Bertz CT molecular complexity index is 155. The lowest BCUT2D eigenvalue weighted by atomic mass is 9.97. The van der Waals surface area contributed by atoms with Crippen molar-refractivity contribution in [1.29, 1.82) is 0 Å². The minimum Gasteiger partial charge on any atom is -0.469 e. The second-order valence-electron chi connectivity index (χ2n) is 3.13. The molecule has 0 saturated heterocycles. The first kappa shape index (κ1) is 8.53. The largest absolute Gasteiger partial charge is 0.469 e. The van der Waals surface area contributed by atoms with Crippen LogP contribution >= 0.6 is 0 Å². The number of ether oxygens (including phenoxy) is 1. The van der Waals surface area contributed by atoms with Gasteiger partial charge in [-0.1, -0.05) is 6.92 Å². The summed E-state index contributed by atoms with van der Waals surface area (Å²) in [5.74, 6) is -0.216. The fraction of sp³-hybridized carbons (Fsp3) is 0.875. The van der Waals surface area contributed by atoms with Gasteiger partial charge in [0, 0.05) is 0 Å². The van der Waals surface area contributed by atoms with Crippen molar-refractivity contribution < 1.29 is 14.6 Å². The molecular formula is C8H14O3. The van der Waals surface area contributed by atoms with E-state index >= 15 is 0 Å². The van der Waals surface area contributed by atoms with Crippen LogP contribution in [0.3, 0.4) is 0 Å². The number of methoxy groups -OCH3 is 1. The SMILES string of the molecule is COC(=O)[C@@H]1CC[C@H](O)[C@H]1C. The number of aliphatic hydroxyl groups is 1. The third kappa shape index (κ3) is 1.53. The maximum Gasteiger partial charge on any atom is 0.309 e. The van der Waals surface area contributed by atoms with Crippen LogP contribution in [-0.2, 0) is 9.53 Å². The fourth-order valence-corrected chi connectivity index (χ4v) is 1.63. The van der Waals surface area contributed by atoms with Gasteiger partial charge in [-0.2, -0.15) is 0 Å². The quantitative estimate of drug-likeness (QED) is 0.567. The lowest BCUT2D eigenvalue weighted by Crippen LogP contribution is -2.23. The molecule has 3 heteroatoms. The monoisotopic (exact) mass is 158 g/mol. The Labute approximate surface area is 66.4 Å². The molecule has 0 aromatic carbocycles. The van der Waals surface area contributed by atoms with Gasteiger partial charge in [0.25, 0.3) is 0 Å². The Kier molecular flexibility index (Phi) is 2.49. The van der Waals surface area contributed by atoms with Crippen molar-refractivity contribution in [1.82, 2.24) is 0 Å². The van der Waals surface area contributed by atoms with E-state index in [1.807, 2.05) is 6.92 Å². The van der Waals surface area contributed by atoms with E-state index in [2.05, 4.69) is 4.74 Å². The van der Waals surface area contributed by atoms with E-state index in [4.69, 9.17) is 0 Å². The molecule has 11 heavy (non-hydrogen) atoms. The molecule has 0 aliphatic heterocycles. The summed E-state index contributed by atoms with van der Waals surface area (Å²) in [7, 11) is 1.39. The molecule has 0 unspecified atom stereocenters. The maximum absolute atomic E-state index is 11.0. The molecule has 1 rings (SSSR count). The highest BCUT2D eigenvalue weighted by molar-refractivity contribution is 5.73. The van der Waals surface area contributed by atoms with Crippen molar-refractivity contribution >= 4 is 5.97 Å². The van der Waals surface area contributed by atoms with Crippen LogP contribution in [0.2, 0.25) is 0 Å². The van der Waals surface area contributed by atoms with Gasteiger partial charge in [-0.15, -0.1) is 0 Å². The highest BCUT2D eigenvalue weighted by Gasteiger charge is 2.36. The predicted molar refractivity (Wildman–Crippen MR) is 39.9 cm³/mol. The summed E-state index contributed by atoms with van der Waals surface area (Å²) < 4.78 is 4.60. The minimum absolute atomic E-state index is 0.0578. The van der Waals surface area contributed by atoms with Crippen molar-refractivity contribution in [2.75, 3.05) is 7.11 Å². The van der Waals surface area contributed by atoms with Gasteiger partial charge < -0.3 is 9.84 Å².